The van der Waals surface area contributed by atoms with Gasteiger partial charge in [-0.3, -0.25) is 4.79 Å². The van der Waals surface area contributed by atoms with E-state index in [0.717, 1.165) is 28.6 Å². The molecule has 1 amide bonds. The summed E-state index contributed by atoms with van der Waals surface area (Å²) in [6, 6.07) is 11.8. The van der Waals surface area contributed by atoms with Crippen LogP contribution in [0.4, 0.5) is 11.5 Å². The standard InChI is InChI=1S/C17H18BrN3O/c1-21(2)14-6-7-15(19-11-14)20-16(22)17(8-9-17)12-4-3-5-13(18)10-12/h3-7,10-11H,8-9H2,1-2H3,(H,19,20,22). The van der Waals surface area contributed by atoms with Gasteiger partial charge in [0, 0.05) is 18.6 Å². The molecule has 0 aliphatic heterocycles. The maximum atomic E-state index is 12.7. The molecule has 22 heavy (non-hydrogen) atoms. The lowest BCUT2D eigenvalue weighted by molar-refractivity contribution is -0.118. The van der Waals surface area contributed by atoms with Gasteiger partial charge in [0.25, 0.3) is 0 Å². The fraction of sp³-hybridized carbons (Fsp3) is 0.294. The predicted octanol–water partition coefficient (Wildman–Crippen LogP) is 3.58. The zero-order valence-electron chi connectivity index (χ0n) is 12.6. The zero-order valence-corrected chi connectivity index (χ0v) is 14.2. The number of carbonyl (C=O) groups is 1. The molecule has 1 saturated carbocycles. The molecule has 5 heteroatoms. The molecule has 1 aliphatic rings. The lowest BCUT2D eigenvalue weighted by Gasteiger charge is -2.16. The molecule has 0 spiro atoms. The number of hydrogen-bond donors (Lipinski definition) is 1. The lowest BCUT2D eigenvalue weighted by Crippen LogP contribution is -2.28. The normalized spacial score (nSPS) is 15.2. The molecule has 0 radical (unpaired) electrons. The van der Waals surface area contributed by atoms with Crippen molar-refractivity contribution in [1.82, 2.24) is 4.98 Å². The SMILES string of the molecule is CN(C)c1ccc(NC(=O)C2(c3cccc(Br)c3)CC2)nc1. The third-order valence-electron chi connectivity index (χ3n) is 4.07. The Labute approximate surface area is 138 Å². The smallest absolute Gasteiger partial charge is 0.236 e. The highest BCUT2D eigenvalue weighted by molar-refractivity contribution is 9.10. The molecule has 114 valence electrons. The van der Waals surface area contributed by atoms with E-state index in [4.69, 9.17) is 0 Å². The van der Waals surface area contributed by atoms with Crippen LogP contribution >= 0.6 is 15.9 Å². The molecule has 0 unspecified atom stereocenters. The molecule has 1 heterocycles. The third-order valence-corrected chi connectivity index (χ3v) is 4.56. The largest absolute Gasteiger partial charge is 0.376 e. The number of benzene rings is 1. The Balaban J connectivity index is 1.77. The van der Waals surface area contributed by atoms with Gasteiger partial charge < -0.3 is 10.2 Å². The van der Waals surface area contributed by atoms with Crippen LogP contribution in [0.1, 0.15) is 18.4 Å². The van der Waals surface area contributed by atoms with Crippen molar-refractivity contribution in [3.63, 3.8) is 0 Å². The number of carbonyl (C=O) groups excluding carboxylic acids is 1. The van der Waals surface area contributed by atoms with Crippen molar-refractivity contribution in [2.24, 2.45) is 0 Å². The molecule has 0 saturated heterocycles. The number of nitrogens with zero attached hydrogens (tertiary/aromatic N) is 2. The highest BCUT2D eigenvalue weighted by Crippen LogP contribution is 2.49. The maximum Gasteiger partial charge on any atom is 0.236 e. The molecule has 3 rings (SSSR count). The van der Waals surface area contributed by atoms with Gasteiger partial charge in [0.05, 0.1) is 17.3 Å². The van der Waals surface area contributed by atoms with Crippen molar-refractivity contribution < 1.29 is 4.79 Å². The van der Waals surface area contributed by atoms with Crippen LogP contribution in [-0.2, 0) is 10.2 Å². The number of nitrogens with one attached hydrogen (secondary N) is 1. The van der Waals surface area contributed by atoms with Gasteiger partial charge in [-0.05, 0) is 42.7 Å². The van der Waals surface area contributed by atoms with Gasteiger partial charge in [-0.1, -0.05) is 28.1 Å². The molecule has 0 bridgehead atoms. The van der Waals surface area contributed by atoms with E-state index in [2.05, 4.69) is 26.2 Å². The van der Waals surface area contributed by atoms with Gasteiger partial charge in [-0.2, -0.15) is 0 Å². The van der Waals surface area contributed by atoms with Crippen LogP contribution in [0.25, 0.3) is 0 Å². The Hall–Kier alpha value is -1.88. The van der Waals surface area contributed by atoms with Crippen molar-refractivity contribution >= 4 is 33.3 Å². The van der Waals surface area contributed by atoms with E-state index in [0.29, 0.717) is 5.82 Å². The number of pyridine rings is 1. The van der Waals surface area contributed by atoms with Crippen LogP contribution in [0.3, 0.4) is 0 Å². The summed E-state index contributed by atoms with van der Waals surface area (Å²) in [7, 11) is 3.92. The molecular formula is C17H18BrN3O. The van der Waals surface area contributed by atoms with Crippen molar-refractivity contribution in [2.75, 3.05) is 24.3 Å². The quantitative estimate of drug-likeness (QED) is 0.907. The lowest BCUT2D eigenvalue weighted by atomic mass is 9.95. The van der Waals surface area contributed by atoms with Gasteiger partial charge in [-0.15, -0.1) is 0 Å². The van der Waals surface area contributed by atoms with E-state index in [1.165, 1.54) is 0 Å². The molecule has 1 N–H and O–H groups in total. The van der Waals surface area contributed by atoms with Crippen molar-refractivity contribution in [3.05, 3.63) is 52.6 Å². The summed E-state index contributed by atoms with van der Waals surface area (Å²) in [6.45, 7) is 0. The van der Waals surface area contributed by atoms with Gasteiger partial charge in [0.1, 0.15) is 5.82 Å². The van der Waals surface area contributed by atoms with Crippen LogP contribution in [-0.4, -0.2) is 25.0 Å². The Morgan fingerprint density at radius 1 is 1.27 bits per heavy atom. The average Bonchev–Trinajstić information content (AvgIpc) is 3.29. The minimum Gasteiger partial charge on any atom is -0.376 e. The Kier molecular flexibility index (Phi) is 3.91. The van der Waals surface area contributed by atoms with Gasteiger partial charge in [0.2, 0.25) is 5.91 Å². The van der Waals surface area contributed by atoms with Crippen LogP contribution in [0.5, 0.6) is 0 Å². The molecule has 1 aromatic heterocycles. The number of hydrogen-bond acceptors (Lipinski definition) is 3. The monoisotopic (exact) mass is 359 g/mol. The topological polar surface area (TPSA) is 45.2 Å². The fourth-order valence-corrected chi connectivity index (χ4v) is 2.92. The second-order valence-electron chi connectivity index (χ2n) is 5.84. The van der Waals surface area contributed by atoms with Crippen molar-refractivity contribution in [2.45, 2.75) is 18.3 Å². The van der Waals surface area contributed by atoms with E-state index < -0.39 is 5.41 Å². The summed E-state index contributed by atoms with van der Waals surface area (Å²) >= 11 is 3.47. The summed E-state index contributed by atoms with van der Waals surface area (Å²) < 4.78 is 0.998. The third kappa shape index (κ3) is 2.86. The number of amides is 1. The molecule has 1 fully saturated rings. The average molecular weight is 360 g/mol. The summed E-state index contributed by atoms with van der Waals surface area (Å²) in [4.78, 5) is 18.9. The number of rotatable bonds is 4. The second kappa shape index (κ2) is 5.72. The minimum absolute atomic E-state index is 0.0238. The summed E-state index contributed by atoms with van der Waals surface area (Å²) in [5.41, 5.74) is 1.67. The zero-order chi connectivity index (χ0) is 15.7. The first kappa shape index (κ1) is 15.0. The minimum atomic E-state index is -0.397. The van der Waals surface area contributed by atoms with Crippen molar-refractivity contribution in [3.8, 4) is 0 Å². The van der Waals surface area contributed by atoms with Crippen molar-refractivity contribution in [1.29, 1.82) is 0 Å². The fourth-order valence-electron chi connectivity index (χ4n) is 2.52. The van der Waals surface area contributed by atoms with Crippen LogP contribution in [0.2, 0.25) is 0 Å². The first-order valence-corrected chi connectivity index (χ1v) is 8.01. The number of halogens is 1. The number of anilines is 2. The molecule has 2 aromatic rings. The first-order valence-electron chi connectivity index (χ1n) is 7.22. The molecule has 1 aliphatic carbocycles. The molecular weight excluding hydrogens is 342 g/mol. The Morgan fingerprint density at radius 2 is 2.05 bits per heavy atom. The van der Waals surface area contributed by atoms with Crippen LogP contribution < -0.4 is 10.2 Å². The summed E-state index contributed by atoms with van der Waals surface area (Å²) in [6.07, 6.45) is 3.52. The van der Waals surface area contributed by atoms with E-state index in [9.17, 15) is 4.79 Å². The summed E-state index contributed by atoms with van der Waals surface area (Å²) in [5.74, 6) is 0.618. The van der Waals surface area contributed by atoms with Gasteiger partial charge >= 0.3 is 0 Å². The highest BCUT2D eigenvalue weighted by atomic mass is 79.9. The molecule has 4 nitrogen and oxygen atoms in total. The van der Waals surface area contributed by atoms with Gasteiger partial charge in [-0.25, -0.2) is 4.98 Å². The summed E-state index contributed by atoms with van der Waals surface area (Å²) in [5, 5.41) is 2.94. The second-order valence-corrected chi connectivity index (χ2v) is 6.76. The van der Waals surface area contributed by atoms with E-state index in [-0.39, 0.29) is 5.91 Å². The van der Waals surface area contributed by atoms with Gasteiger partial charge in [0.15, 0.2) is 0 Å². The molecule has 1 aromatic carbocycles. The molecule has 0 atom stereocenters. The van der Waals surface area contributed by atoms with Crippen LogP contribution in [0, 0.1) is 0 Å². The van der Waals surface area contributed by atoms with E-state index >= 15 is 0 Å². The van der Waals surface area contributed by atoms with E-state index in [1.807, 2.05) is 55.4 Å². The highest BCUT2D eigenvalue weighted by Gasteiger charge is 2.51. The Morgan fingerprint density at radius 3 is 2.59 bits per heavy atom. The maximum absolute atomic E-state index is 12.7. The Bertz CT molecular complexity index is 693. The van der Waals surface area contributed by atoms with E-state index in [1.54, 1.807) is 6.20 Å². The predicted molar refractivity (Wildman–Crippen MR) is 92.2 cm³/mol. The number of aromatic nitrogens is 1. The van der Waals surface area contributed by atoms with Crippen LogP contribution in [0.15, 0.2) is 47.1 Å². The first-order chi connectivity index (χ1) is 10.5.